The predicted octanol–water partition coefficient (Wildman–Crippen LogP) is 3.78. The van der Waals surface area contributed by atoms with Crippen LogP contribution in [-0.2, 0) is 0 Å². The lowest BCUT2D eigenvalue weighted by Crippen LogP contribution is -2.11. The van der Waals surface area contributed by atoms with Gasteiger partial charge in [-0.15, -0.1) is 0 Å². The van der Waals surface area contributed by atoms with Gasteiger partial charge in [-0.2, -0.15) is 0 Å². The Labute approximate surface area is 88.4 Å². The minimum absolute atomic E-state index is 0.485. The lowest BCUT2D eigenvalue weighted by Gasteiger charge is -2.35. The van der Waals surface area contributed by atoms with Crippen LogP contribution in [0, 0.1) is 0 Å². The molecule has 1 aliphatic carbocycles. The summed E-state index contributed by atoms with van der Waals surface area (Å²) in [5.41, 5.74) is 1.70. The summed E-state index contributed by atoms with van der Waals surface area (Å²) in [4.78, 5) is 1.59. The number of hydrogen-bond donors (Lipinski definition) is 0. The molecule has 1 fully saturated rings. The molecule has 2 atom stereocenters. The van der Waals surface area contributed by atoms with E-state index in [1.165, 1.54) is 12.2 Å². The minimum atomic E-state index is -0.485. The normalized spacial score (nSPS) is 40.3. The molecule has 1 unspecified atom stereocenters. The van der Waals surface area contributed by atoms with Crippen LogP contribution in [0.15, 0.2) is 47.4 Å². The van der Waals surface area contributed by atoms with Gasteiger partial charge in [0.25, 0.3) is 0 Å². The van der Waals surface area contributed by atoms with Crippen molar-refractivity contribution in [3.8, 4) is 0 Å². The van der Waals surface area contributed by atoms with Crippen molar-refractivity contribution in [2.75, 3.05) is 12.0 Å². The van der Waals surface area contributed by atoms with Gasteiger partial charge in [0.2, 0.25) is 0 Å². The van der Waals surface area contributed by atoms with Gasteiger partial charge in [-0.3, -0.25) is 0 Å². The summed E-state index contributed by atoms with van der Waals surface area (Å²) in [6, 6.07) is 0. The number of rotatable bonds is 3. The maximum Gasteiger partial charge on any atom is 0.0145 e. The highest BCUT2D eigenvalue weighted by molar-refractivity contribution is 8.37. The first kappa shape index (κ1) is 9.85. The second-order valence-electron chi connectivity index (χ2n) is 4.27. The average molecular weight is 206 g/mol. The Morgan fingerprint density at radius 3 is 2.79 bits per heavy atom. The fourth-order valence-electron chi connectivity index (χ4n) is 2.20. The first-order valence-electron chi connectivity index (χ1n) is 5.07. The van der Waals surface area contributed by atoms with E-state index < -0.39 is 10.0 Å². The average Bonchev–Trinajstić information content (AvgIpc) is 2.58. The van der Waals surface area contributed by atoms with Gasteiger partial charge in [-0.1, -0.05) is 42.5 Å². The molecule has 2 bridgehead atoms. The molecule has 0 aromatic heterocycles. The van der Waals surface area contributed by atoms with Crippen LogP contribution >= 0.6 is 10.0 Å². The van der Waals surface area contributed by atoms with Crippen molar-refractivity contribution >= 4 is 10.0 Å². The van der Waals surface area contributed by atoms with E-state index in [-0.39, 0.29) is 0 Å². The Morgan fingerprint density at radius 1 is 1.57 bits per heavy atom. The third kappa shape index (κ3) is 1.40. The maximum absolute atomic E-state index is 3.68. The zero-order chi connectivity index (χ0) is 10.2. The van der Waals surface area contributed by atoms with Crippen LogP contribution < -0.4 is 0 Å². The van der Waals surface area contributed by atoms with E-state index in [1.807, 2.05) is 12.2 Å². The molecule has 0 saturated carbocycles. The van der Waals surface area contributed by atoms with Gasteiger partial charge >= 0.3 is 0 Å². The van der Waals surface area contributed by atoms with Crippen LogP contribution in [0.5, 0.6) is 0 Å². The van der Waals surface area contributed by atoms with E-state index in [0.29, 0.717) is 0 Å². The maximum atomic E-state index is 3.68. The highest BCUT2D eigenvalue weighted by Crippen LogP contribution is 2.68. The van der Waals surface area contributed by atoms with Crippen LogP contribution in [0.3, 0.4) is 0 Å². The molecule has 1 heteroatoms. The Balaban J connectivity index is 2.11. The van der Waals surface area contributed by atoms with E-state index >= 15 is 0 Å². The molecule has 14 heavy (non-hydrogen) atoms. The van der Waals surface area contributed by atoms with Gasteiger partial charge in [0.05, 0.1) is 0 Å². The van der Waals surface area contributed by atoms with Crippen LogP contribution in [0.25, 0.3) is 0 Å². The second kappa shape index (κ2) is 3.47. The molecule has 76 valence electrons. The lowest BCUT2D eigenvalue weighted by atomic mass is 10.0. The molecular weight excluding hydrogens is 188 g/mol. The van der Waals surface area contributed by atoms with Crippen molar-refractivity contribution < 1.29 is 0 Å². The third-order valence-electron chi connectivity index (χ3n) is 3.35. The van der Waals surface area contributed by atoms with Crippen molar-refractivity contribution in [2.45, 2.75) is 18.6 Å². The molecular formula is C13H18S. The summed E-state index contributed by atoms with van der Waals surface area (Å²) in [6.45, 7) is 5.97. The molecule has 2 heterocycles. The van der Waals surface area contributed by atoms with Crippen molar-refractivity contribution in [1.29, 1.82) is 0 Å². The predicted molar refractivity (Wildman–Crippen MR) is 68.0 cm³/mol. The minimum Gasteiger partial charge on any atom is -0.211 e. The fraction of sp³-hybridized carbons (Fsp3) is 0.385. The van der Waals surface area contributed by atoms with Crippen LogP contribution in [0.2, 0.25) is 0 Å². The van der Waals surface area contributed by atoms with Gasteiger partial charge in [-0.05, 0) is 24.5 Å². The SMILES string of the molecule is C=C/C=C/C=C(/C)S1(C)CC2=C[C@@H]1C2. The smallest absolute Gasteiger partial charge is 0.0145 e. The first-order chi connectivity index (χ1) is 6.66. The molecule has 0 aromatic rings. The molecule has 3 aliphatic rings. The van der Waals surface area contributed by atoms with Gasteiger partial charge < -0.3 is 0 Å². The zero-order valence-electron chi connectivity index (χ0n) is 8.99. The molecule has 0 N–H and O–H groups in total. The monoisotopic (exact) mass is 206 g/mol. The largest absolute Gasteiger partial charge is 0.211 e. The number of hydrogen-bond acceptors (Lipinski definition) is 0. The summed E-state index contributed by atoms with van der Waals surface area (Å²) >= 11 is 0. The summed E-state index contributed by atoms with van der Waals surface area (Å²) in [5, 5.41) is 0.894. The highest BCUT2D eigenvalue weighted by Gasteiger charge is 2.42. The standard InChI is InChI=1S/C13H18S/c1-4-5-6-7-11(2)14(3)10-12-8-13(14)9-12/h4-8,13H,1,9-10H2,2-3H3/b6-5+,11-7-/t13-/m1/s1. The summed E-state index contributed by atoms with van der Waals surface area (Å²) in [7, 11) is -0.485. The van der Waals surface area contributed by atoms with Gasteiger partial charge in [0.15, 0.2) is 0 Å². The Bertz CT molecular complexity index is 346. The number of fused-ring (bicyclic) bond motifs is 1. The molecule has 0 aromatic carbocycles. The quantitative estimate of drug-likeness (QED) is 0.487. The molecule has 0 amide bonds. The van der Waals surface area contributed by atoms with Gasteiger partial charge in [0.1, 0.15) is 0 Å². The zero-order valence-corrected chi connectivity index (χ0v) is 9.81. The van der Waals surface area contributed by atoms with Crippen molar-refractivity contribution in [2.24, 2.45) is 0 Å². The molecule has 3 rings (SSSR count). The van der Waals surface area contributed by atoms with E-state index in [4.69, 9.17) is 0 Å². The van der Waals surface area contributed by atoms with Crippen molar-refractivity contribution in [1.82, 2.24) is 0 Å². The fourth-order valence-corrected chi connectivity index (χ4v) is 5.57. The molecule has 2 aliphatic heterocycles. The second-order valence-corrected chi connectivity index (χ2v) is 8.12. The van der Waals surface area contributed by atoms with Crippen molar-refractivity contribution in [3.05, 3.63) is 47.4 Å². The Hall–Kier alpha value is -0.690. The van der Waals surface area contributed by atoms with Crippen LogP contribution in [-0.4, -0.2) is 17.3 Å². The summed E-state index contributed by atoms with van der Waals surface area (Å²) < 4.78 is 0. The van der Waals surface area contributed by atoms with Crippen LogP contribution in [0.1, 0.15) is 13.3 Å². The number of allylic oxidation sites excluding steroid dienone is 5. The molecule has 0 nitrogen and oxygen atoms in total. The highest BCUT2D eigenvalue weighted by atomic mass is 32.3. The van der Waals surface area contributed by atoms with Gasteiger partial charge in [-0.25, -0.2) is 10.0 Å². The van der Waals surface area contributed by atoms with E-state index in [0.717, 1.165) is 5.25 Å². The summed E-state index contributed by atoms with van der Waals surface area (Å²) in [5.74, 6) is 1.36. The van der Waals surface area contributed by atoms with Gasteiger partial charge in [0, 0.05) is 11.0 Å². The lowest BCUT2D eigenvalue weighted by molar-refractivity contribution is 0.937. The van der Waals surface area contributed by atoms with Crippen LogP contribution in [0.4, 0.5) is 0 Å². The van der Waals surface area contributed by atoms with E-state index in [2.05, 4.69) is 38.0 Å². The first-order valence-corrected chi connectivity index (χ1v) is 7.34. The van der Waals surface area contributed by atoms with E-state index in [1.54, 1.807) is 10.5 Å². The van der Waals surface area contributed by atoms with E-state index in [9.17, 15) is 0 Å². The summed E-state index contributed by atoms with van der Waals surface area (Å²) in [6.07, 6.45) is 14.6. The molecule has 1 saturated heterocycles. The van der Waals surface area contributed by atoms with Crippen molar-refractivity contribution in [3.63, 3.8) is 0 Å². The molecule has 0 radical (unpaired) electrons. The third-order valence-corrected chi connectivity index (χ3v) is 7.57. The Morgan fingerprint density at radius 2 is 2.29 bits per heavy atom. The Kier molecular flexibility index (Phi) is 2.44. The molecule has 0 spiro atoms. The topological polar surface area (TPSA) is 0 Å².